The van der Waals surface area contributed by atoms with Crippen molar-refractivity contribution in [1.29, 1.82) is 0 Å². The van der Waals surface area contributed by atoms with Gasteiger partial charge in [0.25, 0.3) is 0 Å². The maximum absolute atomic E-state index is 10.8. The predicted molar refractivity (Wildman–Crippen MR) is 124 cm³/mol. The number of ether oxygens (including phenoxy) is 1. The molecule has 1 fully saturated rings. The highest BCUT2D eigenvalue weighted by Crippen LogP contribution is 2.30. The summed E-state index contributed by atoms with van der Waals surface area (Å²) in [5.74, 6) is 0. The van der Waals surface area contributed by atoms with Gasteiger partial charge in [0.2, 0.25) is 0 Å². The van der Waals surface area contributed by atoms with Crippen LogP contribution in [0.4, 0.5) is 0 Å². The van der Waals surface area contributed by atoms with Crippen LogP contribution < -0.4 is 5.32 Å². The molecule has 0 aliphatic carbocycles. The van der Waals surface area contributed by atoms with E-state index < -0.39 is 12.2 Å². The van der Waals surface area contributed by atoms with Gasteiger partial charge < -0.3 is 20.3 Å². The number of aliphatic hydroxyl groups excluding tert-OH is 2. The van der Waals surface area contributed by atoms with Gasteiger partial charge in [-0.25, -0.2) is 0 Å². The van der Waals surface area contributed by atoms with Gasteiger partial charge in [-0.15, -0.1) is 24.8 Å². The van der Waals surface area contributed by atoms with Crippen LogP contribution in [-0.2, 0) is 24.2 Å². The Hall–Kier alpha value is -0.890. The standard InChI is InChI=1S/C22H27ClN2O3.2ClH/c23-18-7-3-4-15(10-18)11-24-12-19-21(22(27)20(14-26)28-19)25-9-8-16-5-1-2-6-17(16)13-25;;/h1-7,10,19-22,24,26-27H,8-9,11-14H2;2*1H/t19-,20+,21+,22-;;/m1../s1. The fourth-order valence-electron chi connectivity index (χ4n) is 4.37. The number of nitrogens with one attached hydrogen (secondary N) is 1. The maximum Gasteiger partial charge on any atom is 0.109 e. The zero-order valence-electron chi connectivity index (χ0n) is 16.6. The van der Waals surface area contributed by atoms with Crippen molar-refractivity contribution in [3.8, 4) is 0 Å². The van der Waals surface area contributed by atoms with E-state index in [4.69, 9.17) is 16.3 Å². The lowest BCUT2D eigenvalue weighted by Crippen LogP contribution is -2.52. The average Bonchev–Trinajstić information content (AvgIpc) is 3.03. The number of aliphatic hydroxyl groups is 2. The molecule has 4 rings (SSSR count). The van der Waals surface area contributed by atoms with Gasteiger partial charge >= 0.3 is 0 Å². The number of benzene rings is 2. The van der Waals surface area contributed by atoms with E-state index in [1.807, 2.05) is 24.3 Å². The number of hydrogen-bond donors (Lipinski definition) is 3. The Morgan fingerprint density at radius 2 is 1.83 bits per heavy atom. The van der Waals surface area contributed by atoms with Crippen molar-refractivity contribution in [3.63, 3.8) is 0 Å². The highest BCUT2D eigenvalue weighted by molar-refractivity contribution is 6.30. The summed E-state index contributed by atoms with van der Waals surface area (Å²) >= 11 is 6.05. The van der Waals surface area contributed by atoms with Gasteiger partial charge in [0.1, 0.15) is 12.2 Å². The Balaban J connectivity index is 0.00000160. The second-order valence-corrected chi connectivity index (χ2v) is 8.06. The Kier molecular flexibility index (Phi) is 9.85. The first-order chi connectivity index (χ1) is 13.7. The van der Waals surface area contributed by atoms with E-state index in [1.165, 1.54) is 11.1 Å². The van der Waals surface area contributed by atoms with Crippen molar-refractivity contribution in [1.82, 2.24) is 10.2 Å². The molecule has 2 aromatic rings. The molecule has 166 valence electrons. The van der Waals surface area contributed by atoms with Crippen LogP contribution in [0.5, 0.6) is 0 Å². The number of rotatable bonds is 6. The summed E-state index contributed by atoms with van der Waals surface area (Å²) < 4.78 is 6.01. The molecule has 1 saturated heterocycles. The smallest absolute Gasteiger partial charge is 0.109 e. The second-order valence-electron chi connectivity index (χ2n) is 7.63. The van der Waals surface area contributed by atoms with Gasteiger partial charge in [0, 0.05) is 31.2 Å². The molecule has 2 aromatic carbocycles. The molecule has 2 aliphatic heterocycles. The Morgan fingerprint density at radius 1 is 1.07 bits per heavy atom. The van der Waals surface area contributed by atoms with E-state index in [-0.39, 0.29) is 43.6 Å². The zero-order chi connectivity index (χ0) is 19.5. The molecule has 2 aliphatic rings. The maximum atomic E-state index is 10.8. The molecule has 0 radical (unpaired) electrons. The first-order valence-electron chi connectivity index (χ1n) is 9.86. The van der Waals surface area contributed by atoms with E-state index >= 15 is 0 Å². The van der Waals surface area contributed by atoms with Crippen LogP contribution in [0.25, 0.3) is 0 Å². The minimum absolute atomic E-state index is 0. The largest absolute Gasteiger partial charge is 0.394 e. The highest BCUT2D eigenvalue weighted by atomic mass is 35.5. The summed E-state index contributed by atoms with van der Waals surface area (Å²) in [5, 5.41) is 24.6. The van der Waals surface area contributed by atoms with Gasteiger partial charge in [-0.3, -0.25) is 4.90 Å². The van der Waals surface area contributed by atoms with Crippen molar-refractivity contribution >= 4 is 36.4 Å². The molecule has 4 atom stereocenters. The minimum atomic E-state index is -0.701. The van der Waals surface area contributed by atoms with Crippen molar-refractivity contribution in [2.24, 2.45) is 0 Å². The molecule has 0 aromatic heterocycles. The van der Waals surface area contributed by atoms with Crippen LogP contribution in [0.3, 0.4) is 0 Å². The lowest BCUT2D eigenvalue weighted by molar-refractivity contribution is -0.0213. The molecule has 0 unspecified atom stereocenters. The SMILES string of the molecule is Cl.Cl.OC[C@@H]1O[C@H](CNCc2cccc(Cl)c2)[C@H](N2CCc3ccccc3C2)[C@@H]1O. The normalized spacial score (nSPS) is 25.8. The van der Waals surface area contributed by atoms with Gasteiger partial charge in [-0.2, -0.15) is 0 Å². The average molecular weight is 476 g/mol. The van der Waals surface area contributed by atoms with E-state index in [1.54, 1.807) is 0 Å². The first-order valence-corrected chi connectivity index (χ1v) is 10.2. The van der Waals surface area contributed by atoms with E-state index in [0.29, 0.717) is 13.1 Å². The molecular weight excluding hydrogens is 447 g/mol. The summed E-state index contributed by atoms with van der Waals surface area (Å²) in [6.45, 7) is 2.78. The first kappa shape index (κ1) is 25.4. The summed E-state index contributed by atoms with van der Waals surface area (Å²) in [4.78, 5) is 2.30. The van der Waals surface area contributed by atoms with Crippen LogP contribution in [0.15, 0.2) is 48.5 Å². The van der Waals surface area contributed by atoms with Crippen molar-refractivity contribution < 1.29 is 14.9 Å². The van der Waals surface area contributed by atoms with Crippen LogP contribution in [-0.4, -0.2) is 59.2 Å². The topological polar surface area (TPSA) is 65.0 Å². The number of nitrogens with zero attached hydrogens (tertiary/aromatic N) is 1. The number of halogens is 3. The van der Waals surface area contributed by atoms with Gasteiger partial charge in [-0.05, 0) is 35.2 Å². The summed E-state index contributed by atoms with van der Waals surface area (Å²) in [6.07, 6.45) is -0.462. The zero-order valence-corrected chi connectivity index (χ0v) is 19.0. The Labute approximate surface area is 195 Å². The van der Waals surface area contributed by atoms with Crippen LogP contribution in [0.1, 0.15) is 16.7 Å². The summed E-state index contributed by atoms with van der Waals surface area (Å²) in [6, 6.07) is 16.1. The molecule has 2 heterocycles. The van der Waals surface area contributed by atoms with Crippen LogP contribution in [0, 0.1) is 0 Å². The molecule has 0 saturated carbocycles. The Morgan fingerprint density at radius 3 is 2.57 bits per heavy atom. The third-order valence-electron chi connectivity index (χ3n) is 5.79. The van der Waals surface area contributed by atoms with E-state index in [9.17, 15) is 10.2 Å². The lowest BCUT2D eigenvalue weighted by Gasteiger charge is -2.37. The lowest BCUT2D eigenvalue weighted by atomic mass is 9.95. The van der Waals surface area contributed by atoms with Crippen LogP contribution >= 0.6 is 36.4 Å². The summed E-state index contributed by atoms with van der Waals surface area (Å²) in [5.41, 5.74) is 3.79. The molecule has 0 spiro atoms. The van der Waals surface area contributed by atoms with E-state index in [2.05, 4.69) is 34.5 Å². The molecule has 30 heavy (non-hydrogen) atoms. The monoisotopic (exact) mass is 474 g/mol. The third kappa shape index (κ3) is 5.67. The van der Waals surface area contributed by atoms with Crippen molar-refractivity contribution in [2.75, 3.05) is 19.7 Å². The van der Waals surface area contributed by atoms with Gasteiger partial charge in [-0.1, -0.05) is 48.0 Å². The third-order valence-corrected chi connectivity index (χ3v) is 6.02. The fraction of sp³-hybridized carbons (Fsp3) is 0.455. The minimum Gasteiger partial charge on any atom is -0.394 e. The molecule has 3 N–H and O–H groups in total. The molecule has 8 heteroatoms. The van der Waals surface area contributed by atoms with Crippen molar-refractivity contribution in [3.05, 3.63) is 70.2 Å². The quantitative estimate of drug-likeness (QED) is 0.600. The second kappa shape index (κ2) is 11.7. The molecule has 5 nitrogen and oxygen atoms in total. The Bertz CT molecular complexity index is 811. The predicted octanol–water partition coefficient (Wildman–Crippen LogP) is 2.82. The van der Waals surface area contributed by atoms with Gasteiger partial charge in [0.05, 0.1) is 18.8 Å². The summed E-state index contributed by atoms with van der Waals surface area (Å²) in [7, 11) is 0. The fourth-order valence-corrected chi connectivity index (χ4v) is 4.59. The molecular formula is C22H29Cl3N2O3. The highest BCUT2D eigenvalue weighted by Gasteiger charge is 2.46. The molecule has 0 bridgehead atoms. The van der Waals surface area contributed by atoms with E-state index in [0.717, 1.165) is 30.1 Å². The van der Waals surface area contributed by atoms with Crippen LogP contribution in [0.2, 0.25) is 5.02 Å². The number of hydrogen-bond acceptors (Lipinski definition) is 5. The van der Waals surface area contributed by atoms with Crippen molar-refractivity contribution in [2.45, 2.75) is 43.9 Å². The number of fused-ring (bicyclic) bond motifs is 1. The molecule has 0 amide bonds. The van der Waals surface area contributed by atoms with Gasteiger partial charge in [0.15, 0.2) is 0 Å².